The van der Waals surface area contributed by atoms with Crippen LogP contribution >= 0.6 is 11.8 Å². The lowest BCUT2D eigenvalue weighted by atomic mass is 10.2. The fraction of sp³-hybridized carbons (Fsp3) is 0.467. The number of nitrogens with zero attached hydrogens (tertiary/aromatic N) is 1. The summed E-state index contributed by atoms with van der Waals surface area (Å²) in [4.78, 5) is 26.6. The number of benzene rings is 1. The molecule has 0 atom stereocenters. The first kappa shape index (κ1) is 14.9. The van der Waals surface area contributed by atoms with E-state index in [2.05, 4.69) is 5.32 Å². The molecule has 108 valence electrons. The van der Waals surface area contributed by atoms with E-state index < -0.39 is 0 Å². The van der Waals surface area contributed by atoms with E-state index in [-0.39, 0.29) is 17.9 Å². The highest BCUT2D eigenvalue weighted by molar-refractivity contribution is 8.00. The maximum absolute atomic E-state index is 12.0. The van der Waals surface area contributed by atoms with E-state index in [0.29, 0.717) is 25.1 Å². The second-order valence-electron chi connectivity index (χ2n) is 5.13. The molecule has 0 spiro atoms. The van der Waals surface area contributed by atoms with Gasteiger partial charge in [-0.25, -0.2) is 0 Å². The third-order valence-corrected chi connectivity index (χ3v) is 4.09. The maximum Gasteiger partial charge on any atom is 0.237 e. The van der Waals surface area contributed by atoms with E-state index >= 15 is 0 Å². The molecule has 2 rings (SSSR count). The van der Waals surface area contributed by atoms with Crippen LogP contribution in [0.4, 0.5) is 5.69 Å². The number of fused-ring (bicyclic) bond motifs is 1. The Morgan fingerprint density at radius 2 is 2.15 bits per heavy atom. The summed E-state index contributed by atoms with van der Waals surface area (Å²) in [7, 11) is 0. The van der Waals surface area contributed by atoms with Crippen LogP contribution in [0.1, 0.15) is 26.7 Å². The molecule has 5 heteroatoms. The average molecular weight is 292 g/mol. The van der Waals surface area contributed by atoms with Gasteiger partial charge in [0.1, 0.15) is 0 Å². The minimum absolute atomic E-state index is 0.0483. The first-order valence-corrected chi connectivity index (χ1v) is 7.88. The summed E-state index contributed by atoms with van der Waals surface area (Å²) in [6.07, 6.45) is 1.14. The highest BCUT2D eigenvalue weighted by Gasteiger charge is 2.23. The second kappa shape index (κ2) is 6.79. The third kappa shape index (κ3) is 3.76. The van der Waals surface area contributed by atoms with Crippen LogP contribution in [-0.2, 0) is 9.59 Å². The van der Waals surface area contributed by atoms with Gasteiger partial charge in [0.25, 0.3) is 0 Å². The Kier molecular flexibility index (Phi) is 5.06. The Morgan fingerprint density at radius 1 is 1.40 bits per heavy atom. The molecule has 0 radical (unpaired) electrons. The third-order valence-electron chi connectivity index (χ3n) is 3.04. The largest absolute Gasteiger partial charge is 0.354 e. The van der Waals surface area contributed by atoms with Crippen LogP contribution in [0.3, 0.4) is 0 Å². The predicted octanol–water partition coefficient (Wildman–Crippen LogP) is 2.43. The molecular formula is C15H20N2O2S. The summed E-state index contributed by atoms with van der Waals surface area (Å²) in [6, 6.07) is 8.08. The lowest BCUT2D eigenvalue weighted by Crippen LogP contribution is -2.37. The second-order valence-corrected chi connectivity index (χ2v) is 6.14. The molecule has 1 aromatic carbocycles. The summed E-state index contributed by atoms with van der Waals surface area (Å²) < 4.78 is 0. The van der Waals surface area contributed by atoms with Crippen molar-refractivity contribution in [2.75, 3.05) is 17.2 Å². The maximum atomic E-state index is 12.0. The first-order chi connectivity index (χ1) is 9.58. The van der Waals surface area contributed by atoms with Gasteiger partial charge in [-0.05, 0) is 32.4 Å². The highest BCUT2D eigenvalue weighted by atomic mass is 32.2. The standard InChI is InChI=1S/C15H20N2O2S/c1-11(2)16-14(18)8-5-9-17-12-6-3-4-7-13(12)20-10-15(17)19/h3-4,6-7,11H,5,8-10H2,1-2H3,(H,16,18). The molecule has 0 aromatic heterocycles. The molecule has 0 bridgehead atoms. The molecule has 4 nitrogen and oxygen atoms in total. The number of amides is 2. The van der Waals surface area contributed by atoms with Crippen molar-refractivity contribution in [1.29, 1.82) is 0 Å². The van der Waals surface area contributed by atoms with E-state index in [1.807, 2.05) is 38.1 Å². The predicted molar refractivity (Wildman–Crippen MR) is 82.0 cm³/mol. The number of nitrogens with one attached hydrogen (secondary N) is 1. The minimum Gasteiger partial charge on any atom is -0.354 e. The van der Waals surface area contributed by atoms with E-state index in [4.69, 9.17) is 0 Å². The lowest BCUT2D eigenvalue weighted by Gasteiger charge is -2.28. The van der Waals surface area contributed by atoms with Gasteiger partial charge in [0.05, 0.1) is 11.4 Å². The molecule has 0 saturated carbocycles. The Morgan fingerprint density at radius 3 is 2.90 bits per heavy atom. The fourth-order valence-electron chi connectivity index (χ4n) is 2.19. The van der Waals surface area contributed by atoms with Gasteiger partial charge in [-0.1, -0.05) is 12.1 Å². The summed E-state index contributed by atoms with van der Waals surface area (Å²) in [5.41, 5.74) is 0.970. The molecular weight excluding hydrogens is 272 g/mol. The van der Waals surface area contributed by atoms with E-state index in [1.165, 1.54) is 0 Å². The number of carbonyl (C=O) groups excluding carboxylic acids is 2. The van der Waals surface area contributed by atoms with Crippen molar-refractivity contribution < 1.29 is 9.59 Å². The molecule has 2 amide bonds. The molecule has 0 fully saturated rings. The molecule has 0 unspecified atom stereocenters. The number of carbonyl (C=O) groups is 2. The number of para-hydroxylation sites is 1. The molecule has 0 aliphatic carbocycles. The van der Waals surface area contributed by atoms with E-state index in [1.54, 1.807) is 16.7 Å². The zero-order valence-corrected chi connectivity index (χ0v) is 12.7. The summed E-state index contributed by atoms with van der Waals surface area (Å²) >= 11 is 1.58. The summed E-state index contributed by atoms with van der Waals surface area (Å²) in [5.74, 6) is 0.653. The SMILES string of the molecule is CC(C)NC(=O)CCCN1C(=O)CSc2ccccc21. The Bertz CT molecular complexity index is 502. The van der Waals surface area contributed by atoms with Crippen LogP contribution < -0.4 is 10.2 Å². The van der Waals surface area contributed by atoms with Crippen molar-refractivity contribution in [2.24, 2.45) is 0 Å². The van der Waals surface area contributed by atoms with Gasteiger partial charge in [0.2, 0.25) is 11.8 Å². The Hall–Kier alpha value is -1.49. The first-order valence-electron chi connectivity index (χ1n) is 6.89. The monoisotopic (exact) mass is 292 g/mol. The summed E-state index contributed by atoms with van der Waals surface area (Å²) in [5, 5.41) is 2.86. The average Bonchev–Trinajstić information content (AvgIpc) is 2.40. The van der Waals surface area contributed by atoms with E-state index in [0.717, 1.165) is 10.6 Å². The molecule has 1 heterocycles. The number of anilines is 1. The van der Waals surface area contributed by atoms with Gasteiger partial charge in [0.15, 0.2) is 0 Å². The number of hydrogen-bond acceptors (Lipinski definition) is 3. The van der Waals surface area contributed by atoms with Crippen LogP contribution in [0, 0.1) is 0 Å². The van der Waals surface area contributed by atoms with Crippen LogP contribution in [0.15, 0.2) is 29.2 Å². The van der Waals surface area contributed by atoms with Crippen LogP contribution in [0.2, 0.25) is 0 Å². The highest BCUT2D eigenvalue weighted by Crippen LogP contribution is 2.34. The molecule has 1 aliphatic rings. The topological polar surface area (TPSA) is 49.4 Å². The summed E-state index contributed by atoms with van der Waals surface area (Å²) in [6.45, 7) is 4.49. The molecule has 1 aliphatic heterocycles. The Balaban J connectivity index is 1.92. The normalized spacial score (nSPS) is 14.3. The van der Waals surface area contributed by atoms with Gasteiger partial charge in [-0.15, -0.1) is 11.8 Å². The molecule has 1 N–H and O–H groups in total. The van der Waals surface area contributed by atoms with Crippen molar-refractivity contribution in [1.82, 2.24) is 5.32 Å². The van der Waals surface area contributed by atoms with Gasteiger partial charge in [-0.2, -0.15) is 0 Å². The van der Waals surface area contributed by atoms with Crippen LogP contribution in [0.25, 0.3) is 0 Å². The number of rotatable bonds is 5. The molecule has 1 aromatic rings. The fourth-order valence-corrected chi connectivity index (χ4v) is 3.13. The van der Waals surface area contributed by atoms with Crippen molar-refractivity contribution in [2.45, 2.75) is 37.6 Å². The van der Waals surface area contributed by atoms with Gasteiger partial charge >= 0.3 is 0 Å². The quantitative estimate of drug-likeness (QED) is 0.907. The van der Waals surface area contributed by atoms with Gasteiger partial charge in [0, 0.05) is 23.9 Å². The zero-order valence-electron chi connectivity index (χ0n) is 11.9. The molecule has 20 heavy (non-hydrogen) atoms. The van der Waals surface area contributed by atoms with Crippen molar-refractivity contribution >= 4 is 29.3 Å². The van der Waals surface area contributed by atoms with Gasteiger partial charge in [-0.3, -0.25) is 9.59 Å². The van der Waals surface area contributed by atoms with Crippen molar-refractivity contribution in [3.63, 3.8) is 0 Å². The lowest BCUT2D eigenvalue weighted by molar-refractivity contribution is -0.122. The van der Waals surface area contributed by atoms with E-state index in [9.17, 15) is 9.59 Å². The minimum atomic E-state index is 0.0483. The van der Waals surface area contributed by atoms with Crippen molar-refractivity contribution in [3.05, 3.63) is 24.3 Å². The zero-order chi connectivity index (χ0) is 14.5. The smallest absolute Gasteiger partial charge is 0.237 e. The molecule has 0 saturated heterocycles. The number of thioether (sulfide) groups is 1. The van der Waals surface area contributed by atoms with Crippen LogP contribution in [-0.4, -0.2) is 30.2 Å². The Labute approximate surface area is 123 Å². The number of hydrogen-bond donors (Lipinski definition) is 1. The van der Waals surface area contributed by atoms with Crippen LogP contribution in [0.5, 0.6) is 0 Å². The van der Waals surface area contributed by atoms with Crippen molar-refractivity contribution in [3.8, 4) is 0 Å². The van der Waals surface area contributed by atoms with Gasteiger partial charge < -0.3 is 10.2 Å².